The van der Waals surface area contributed by atoms with Crippen LogP contribution in [-0.2, 0) is 35.5 Å². The molecule has 3 aromatic rings. The molecule has 8 heteroatoms. The minimum absolute atomic E-state index is 0.0162. The van der Waals surface area contributed by atoms with Gasteiger partial charge < -0.3 is 14.5 Å². The van der Waals surface area contributed by atoms with Crippen LogP contribution in [0.1, 0.15) is 111 Å². The Labute approximate surface area is 310 Å². The molecule has 2 saturated heterocycles. The van der Waals surface area contributed by atoms with Crippen LogP contribution in [0.15, 0.2) is 36.4 Å². The first-order valence-electron chi connectivity index (χ1n) is 19.0. The van der Waals surface area contributed by atoms with Crippen molar-refractivity contribution in [1.82, 2.24) is 14.8 Å². The number of pyridine rings is 1. The molecular weight excluding hydrogens is 656 g/mol. The largest absolute Gasteiger partial charge is 0.463 e. The molecule has 0 radical (unpaired) electrons. The molecule has 2 aromatic carbocycles. The Kier molecular flexibility index (Phi) is 10.9. The molecule has 6 rings (SSSR count). The topological polar surface area (TPSA) is 66.0 Å². The third-order valence-electron chi connectivity index (χ3n) is 11.5. The van der Waals surface area contributed by atoms with Gasteiger partial charge in [0.2, 0.25) is 0 Å². The molecule has 0 atom stereocenters. The van der Waals surface area contributed by atoms with E-state index in [1.54, 1.807) is 0 Å². The van der Waals surface area contributed by atoms with Gasteiger partial charge in [-0.2, -0.15) is 0 Å². The van der Waals surface area contributed by atoms with E-state index in [0.717, 1.165) is 97.9 Å². The van der Waals surface area contributed by atoms with Crippen LogP contribution in [0.4, 0.5) is 5.69 Å². The molecule has 3 aliphatic rings. The number of rotatable bonds is 8. The molecule has 0 saturated carbocycles. The number of anilines is 1. The number of nitrogens with zero attached hydrogens (tertiary/aromatic N) is 4. The second-order valence-corrected chi connectivity index (χ2v) is 17.5. The summed E-state index contributed by atoms with van der Waals surface area (Å²) in [5.74, 6) is -0.284. The van der Waals surface area contributed by atoms with Gasteiger partial charge >= 0.3 is 5.97 Å². The highest BCUT2D eigenvalue weighted by molar-refractivity contribution is 6.31. The number of esters is 1. The number of benzene rings is 2. The maximum absolute atomic E-state index is 14.7. The molecule has 0 aliphatic carbocycles. The van der Waals surface area contributed by atoms with E-state index in [4.69, 9.17) is 21.3 Å². The normalized spacial score (nSPS) is 18.9. The highest BCUT2D eigenvalue weighted by Crippen LogP contribution is 2.43. The summed E-state index contributed by atoms with van der Waals surface area (Å²) in [5, 5.41) is 0.819. The molecule has 0 spiro atoms. The van der Waals surface area contributed by atoms with Gasteiger partial charge in [-0.1, -0.05) is 69.6 Å². The molecule has 7 nitrogen and oxygen atoms in total. The lowest BCUT2D eigenvalue weighted by Crippen LogP contribution is -2.42. The molecular formula is C43H57ClN4O3. The fraction of sp³-hybridized carbons (Fsp3) is 0.558. The first-order chi connectivity index (χ1) is 24.1. The van der Waals surface area contributed by atoms with Gasteiger partial charge in [-0.3, -0.25) is 14.5 Å². The Hall–Kier alpha value is -3.42. The van der Waals surface area contributed by atoms with Crippen LogP contribution < -0.4 is 4.90 Å². The van der Waals surface area contributed by atoms with Gasteiger partial charge in [-0.25, -0.2) is 4.98 Å². The molecule has 2 fully saturated rings. The number of halogens is 1. The van der Waals surface area contributed by atoms with Crippen molar-refractivity contribution in [1.29, 1.82) is 0 Å². The molecule has 1 amide bonds. The van der Waals surface area contributed by atoms with Crippen molar-refractivity contribution in [2.75, 3.05) is 37.6 Å². The van der Waals surface area contributed by atoms with Crippen molar-refractivity contribution in [3.63, 3.8) is 0 Å². The van der Waals surface area contributed by atoms with Gasteiger partial charge in [-0.05, 0) is 105 Å². The summed E-state index contributed by atoms with van der Waals surface area (Å²) in [5.41, 5.74) is 10.4. The zero-order valence-electron chi connectivity index (χ0n) is 32.1. The highest BCUT2D eigenvalue weighted by Gasteiger charge is 2.35. The van der Waals surface area contributed by atoms with Crippen LogP contribution in [0.5, 0.6) is 0 Å². The fourth-order valence-corrected chi connectivity index (χ4v) is 8.24. The van der Waals surface area contributed by atoms with Gasteiger partial charge in [0.1, 0.15) is 5.69 Å². The van der Waals surface area contributed by atoms with Crippen molar-refractivity contribution in [3.8, 4) is 11.1 Å². The molecule has 3 aliphatic heterocycles. The zero-order valence-corrected chi connectivity index (χ0v) is 32.9. The van der Waals surface area contributed by atoms with Crippen molar-refractivity contribution < 1.29 is 14.3 Å². The summed E-state index contributed by atoms with van der Waals surface area (Å²) in [6, 6.07) is 12.8. The maximum Gasteiger partial charge on any atom is 0.310 e. The Morgan fingerprint density at radius 1 is 0.882 bits per heavy atom. The second kappa shape index (κ2) is 14.9. The van der Waals surface area contributed by atoms with Crippen molar-refractivity contribution in [3.05, 3.63) is 80.6 Å². The van der Waals surface area contributed by atoms with Crippen molar-refractivity contribution in [2.24, 2.45) is 10.8 Å². The van der Waals surface area contributed by atoms with E-state index in [-0.39, 0.29) is 35.2 Å². The van der Waals surface area contributed by atoms with Gasteiger partial charge in [0.25, 0.3) is 5.91 Å². The number of hydrogen-bond acceptors (Lipinski definition) is 6. The number of hydrogen-bond donors (Lipinski definition) is 0. The number of amides is 1. The molecule has 0 bridgehead atoms. The summed E-state index contributed by atoms with van der Waals surface area (Å²) in [6.45, 7) is 22.8. The van der Waals surface area contributed by atoms with Crippen LogP contribution in [0.2, 0.25) is 5.02 Å². The number of carbonyl (C=O) groups is 2. The van der Waals surface area contributed by atoms with Crippen LogP contribution >= 0.6 is 11.6 Å². The van der Waals surface area contributed by atoms with Crippen molar-refractivity contribution >= 4 is 29.2 Å². The Bertz CT molecular complexity index is 1760. The number of ether oxygens (including phenoxy) is 1. The summed E-state index contributed by atoms with van der Waals surface area (Å²) in [6.07, 6.45) is 4.78. The third-order valence-corrected chi connectivity index (χ3v) is 11.9. The van der Waals surface area contributed by atoms with Gasteiger partial charge in [0.15, 0.2) is 0 Å². The lowest BCUT2D eigenvalue weighted by Gasteiger charge is -2.41. The van der Waals surface area contributed by atoms with Crippen molar-refractivity contribution in [2.45, 2.75) is 113 Å². The minimum atomic E-state index is -0.268. The first-order valence-corrected chi connectivity index (χ1v) is 19.3. The quantitative estimate of drug-likeness (QED) is 0.217. The van der Waals surface area contributed by atoms with E-state index in [1.807, 2.05) is 37.8 Å². The van der Waals surface area contributed by atoms with E-state index in [2.05, 4.69) is 68.7 Å². The summed E-state index contributed by atoms with van der Waals surface area (Å²) in [7, 11) is 0. The number of likely N-dealkylation sites (tertiary alicyclic amines) is 1. The average Bonchev–Trinajstić information content (AvgIpc) is 3.06. The Morgan fingerprint density at radius 2 is 1.55 bits per heavy atom. The second-order valence-electron chi connectivity index (χ2n) is 17.1. The Morgan fingerprint density at radius 3 is 2.20 bits per heavy atom. The lowest BCUT2D eigenvalue weighted by atomic mass is 9.81. The molecule has 274 valence electrons. The standard InChI is InChI=1S/C43H57ClN4O3/c1-28(2)51-37(49)25-34-30(4)45-39(41(50)48-22-17-43(7,8)18-23-48)38(40(34)47-20-15-42(5,6)16-21-47)32-12-13-33-26-46(19-14-31(33)24-32)27-35-29(3)10-9-11-36(35)44/h9-13,24,28H,14-23,25-27H2,1-8H3. The van der Waals surface area contributed by atoms with E-state index in [0.29, 0.717) is 18.8 Å². The summed E-state index contributed by atoms with van der Waals surface area (Å²) < 4.78 is 5.69. The smallest absolute Gasteiger partial charge is 0.310 e. The molecule has 51 heavy (non-hydrogen) atoms. The van der Waals surface area contributed by atoms with Crippen LogP contribution in [0, 0.1) is 24.7 Å². The summed E-state index contributed by atoms with van der Waals surface area (Å²) >= 11 is 6.63. The number of aryl methyl sites for hydroxylation is 2. The Balaban J connectivity index is 1.45. The minimum Gasteiger partial charge on any atom is -0.463 e. The lowest BCUT2D eigenvalue weighted by molar-refractivity contribution is -0.146. The molecule has 4 heterocycles. The molecule has 1 aromatic heterocycles. The third kappa shape index (κ3) is 8.46. The average molecular weight is 713 g/mol. The summed E-state index contributed by atoms with van der Waals surface area (Å²) in [4.78, 5) is 40.0. The maximum atomic E-state index is 14.7. The van der Waals surface area contributed by atoms with E-state index < -0.39 is 0 Å². The van der Waals surface area contributed by atoms with E-state index in [1.165, 1.54) is 22.3 Å². The number of aromatic nitrogens is 1. The van der Waals surface area contributed by atoms with Gasteiger partial charge in [-0.15, -0.1) is 0 Å². The van der Waals surface area contributed by atoms with Gasteiger partial charge in [0.05, 0.1) is 18.2 Å². The zero-order chi connectivity index (χ0) is 36.7. The first kappa shape index (κ1) is 37.3. The highest BCUT2D eigenvalue weighted by atomic mass is 35.5. The molecule has 0 unspecified atom stereocenters. The van der Waals surface area contributed by atoms with Crippen LogP contribution in [0.25, 0.3) is 11.1 Å². The SMILES string of the molecule is Cc1cccc(Cl)c1CN1CCc2cc(-c3c(C(=O)N4CCC(C)(C)CC4)nc(C)c(CC(=O)OC(C)C)c3N3CCC(C)(C)CC3)ccc2C1. The predicted octanol–water partition coefficient (Wildman–Crippen LogP) is 8.96. The van der Waals surface area contributed by atoms with E-state index in [9.17, 15) is 9.59 Å². The van der Waals surface area contributed by atoms with Gasteiger partial charge in [0, 0.05) is 67.7 Å². The van der Waals surface area contributed by atoms with Crippen LogP contribution in [-0.4, -0.2) is 65.5 Å². The van der Waals surface area contributed by atoms with E-state index >= 15 is 0 Å². The predicted molar refractivity (Wildman–Crippen MR) is 207 cm³/mol. The monoisotopic (exact) mass is 712 g/mol. The fourth-order valence-electron chi connectivity index (χ4n) is 7.96. The molecule has 0 N–H and O–H groups in total. The van der Waals surface area contributed by atoms with Crippen LogP contribution in [0.3, 0.4) is 0 Å². The number of piperidine rings is 2. The number of carbonyl (C=O) groups excluding carboxylic acids is 2. The number of fused-ring (bicyclic) bond motifs is 1.